The summed E-state index contributed by atoms with van der Waals surface area (Å²) in [6.07, 6.45) is 0.562. The fourth-order valence-corrected chi connectivity index (χ4v) is 4.23. The van der Waals surface area contributed by atoms with Crippen molar-refractivity contribution in [2.75, 3.05) is 5.32 Å². The SMILES string of the molecule is CC(C)(C)OC(=O)[C@]1(Cc2ccccc2)c2ccccc2N[C@@H]1c1ccccc1. The van der Waals surface area contributed by atoms with Crippen molar-refractivity contribution in [1.82, 2.24) is 0 Å². The zero-order valence-electron chi connectivity index (χ0n) is 17.2. The Balaban J connectivity index is 1.92. The first kappa shape index (κ1) is 19.3. The minimum absolute atomic E-state index is 0.194. The zero-order valence-corrected chi connectivity index (χ0v) is 17.2. The number of anilines is 1. The lowest BCUT2D eigenvalue weighted by molar-refractivity contribution is -0.162. The molecule has 2 atom stereocenters. The highest BCUT2D eigenvalue weighted by molar-refractivity contribution is 5.91. The molecular formula is C26H27NO2. The molecule has 29 heavy (non-hydrogen) atoms. The first-order chi connectivity index (χ1) is 13.9. The fourth-order valence-electron chi connectivity index (χ4n) is 4.23. The van der Waals surface area contributed by atoms with Crippen LogP contribution in [0.4, 0.5) is 5.69 Å². The summed E-state index contributed by atoms with van der Waals surface area (Å²) in [7, 11) is 0. The Morgan fingerprint density at radius 2 is 1.48 bits per heavy atom. The second-order valence-corrected chi connectivity index (χ2v) is 8.67. The van der Waals surface area contributed by atoms with Gasteiger partial charge in [0.1, 0.15) is 11.0 Å². The molecular weight excluding hydrogens is 358 g/mol. The summed E-state index contributed by atoms with van der Waals surface area (Å²) in [6, 6.07) is 28.3. The van der Waals surface area contributed by atoms with Crippen LogP contribution in [0.1, 0.15) is 43.5 Å². The van der Waals surface area contributed by atoms with Gasteiger partial charge in [-0.15, -0.1) is 0 Å². The Kier molecular flexibility index (Phi) is 4.91. The minimum Gasteiger partial charge on any atom is -0.459 e. The molecule has 0 saturated carbocycles. The lowest BCUT2D eigenvalue weighted by Gasteiger charge is -2.36. The summed E-state index contributed by atoms with van der Waals surface area (Å²) in [6.45, 7) is 5.77. The summed E-state index contributed by atoms with van der Waals surface area (Å²) in [5.74, 6) is -0.194. The van der Waals surface area contributed by atoms with E-state index in [0.29, 0.717) is 6.42 Å². The van der Waals surface area contributed by atoms with Crippen molar-refractivity contribution in [3.8, 4) is 0 Å². The van der Waals surface area contributed by atoms with Gasteiger partial charge in [0, 0.05) is 5.69 Å². The van der Waals surface area contributed by atoms with Gasteiger partial charge in [-0.2, -0.15) is 0 Å². The highest BCUT2D eigenvalue weighted by Crippen LogP contribution is 2.51. The maximum absolute atomic E-state index is 13.9. The van der Waals surface area contributed by atoms with E-state index in [-0.39, 0.29) is 12.0 Å². The van der Waals surface area contributed by atoms with Crippen molar-refractivity contribution in [2.24, 2.45) is 0 Å². The molecule has 1 heterocycles. The van der Waals surface area contributed by atoms with Crippen molar-refractivity contribution in [3.05, 3.63) is 102 Å². The third kappa shape index (κ3) is 3.65. The van der Waals surface area contributed by atoms with Crippen LogP contribution in [-0.2, 0) is 21.4 Å². The number of rotatable bonds is 4. The highest BCUT2D eigenvalue weighted by Gasteiger charge is 2.55. The van der Waals surface area contributed by atoms with Crippen molar-refractivity contribution in [3.63, 3.8) is 0 Å². The van der Waals surface area contributed by atoms with Crippen LogP contribution in [0.2, 0.25) is 0 Å². The van der Waals surface area contributed by atoms with E-state index in [9.17, 15) is 4.79 Å². The molecule has 148 valence electrons. The Morgan fingerprint density at radius 1 is 0.897 bits per heavy atom. The summed E-state index contributed by atoms with van der Waals surface area (Å²) < 4.78 is 6.03. The Labute approximate surface area is 172 Å². The van der Waals surface area contributed by atoms with Gasteiger partial charge < -0.3 is 10.1 Å². The summed E-state index contributed by atoms with van der Waals surface area (Å²) in [5.41, 5.74) is 2.74. The molecule has 0 unspecified atom stereocenters. The molecule has 0 amide bonds. The Morgan fingerprint density at radius 3 is 2.14 bits per heavy atom. The average molecular weight is 386 g/mol. The van der Waals surface area contributed by atoms with Crippen LogP contribution >= 0.6 is 0 Å². The van der Waals surface area contributed by atoms with E-state index in [0.717, 1.165) is 22.4 Å². The molecule has 4 rings (SSSR count). The van der Waals surface area contributed by atoms with Crippen molar-refractivity contribution in [2.45, 2.75) is 44.2 Å². The smallest absolute Gasteiger partial charge is 0.319 e. The monoisotopic (exact) mass is 385 g/mol. The predicted molar refractivity (Wildman–Crippen MR) is 117 cm³/mol. The van der Waals surface area contributed by atoms with Crippen LogP contribution < -0.4 is 5.32 Å². The molecule has 0 spiro atoms. The highest BCUT2D eigenvalue weighted by atomic mass is 16.6. The van der Waals surface area contributed by atoms with E-state index in [1.54, 1.807) is 0 Å². The van der Waals surface area contributed by atoms with Gasteiger partial charge in [0.15, 0.2) is 0 Å². The Bertz CT molecular complexity index is 992. The number of ether oxygens (including phenoxy) is 1. The van der Waals surface area contributed by atoms with Gasteiger partial charge in [-0.1, -0.05) is 78.9 Å². The number of carbonyl (C=O) groups excluding carboxylic acids is 1. The molecule has 3 aromatic rings. The normalized spacial score (nSPS) is 20.6. The molecule has 1 aliphatic heterocycles. The fraction of sp³-hybridized carbons (Fsp3) is 0.269. The third-order valence-electron chi connectivity index (χ3n) is 5.42. The number of carbonyl (C=O) groups is 1. The van der Waals surface area contributed by atoms with Crippen molar-refractivity contribution >= 4 is 11.7 Å². The minimum atomic E-state index is -0.855. The van der Waals surface area contributed by atoms with Gasteiger partial charge in [0.05, 0.1) is 6.04 Å². The van der Waals surface area contributed by atoms with E-state index in [2.05, 4.69) is 35.6 Å². The van der Waals surface area contributed by atoms with Gasteiger partial charge in [0.2, 0.25) is 0 Å². The lowest BCUT2D eigenvalue weighted by Crippen LogP contribution is -2.46. The summed E-state index contributed by atoms with van der Waals surface area (Å²) >= 11 is 0. The maximum atomic E-state index is 13.9. The number of hydrogen-bond acceptors (Lipinski definition) is 3. The first-order valence-corrected chi connectivity index (χ1v) is 10.1. The largest absolute Gasteiger partial charge is 0.459 e. The van der Waals surface area contributed by atoms with Crippen LogP contribution in [0, 0.1) is 0 Å². The second-order valence-electron chi connectivity index (χ2n) is 8.67. The van der Waals surface area contributed by atoms with Crippen molar-refractivity contribution < 1.29 is 9.53 Å². The standard InChI is InChI=1S/C26H27NO2/c1-25(2,3)29-24(28)26(18-19-12-6-4-7-13-19)21-16-10-11-17-22(21)27-23(26)20-14-8-5-9-15-20/h4-17,23,27H,18H2,1-3H3/t23-,26-/m1/s1. The quantitative estimate of drug-likeness (QED) is 0.588. The number of hydrogen-bond donors (Lipinski definition) is 1. The summed E-state index contributed by atoms with van der Waals surface area (Å²) in [5, 5.41) is 3.63. The van der Waals surface area contributed by atoms with Crippen LogP contribution in [0.25, 0.3) is 0 Å². The van der Waals surface area contributed by atoms with E-state index in [1.165, 1.54) is 0 Å². The molecule has 1 N–H and O–H groups in total. The topological polar surface area (TPSA) is 38.3 Å². The van der Waals surface area contributed by atoms with Crippen LogP contribution in [0.5, 0.6) is 0 Å². The second kappa shape index (κ2) is 7.40. The molecule has 0 bridgehead atoms. The van der Waals surface area contributed by atoms with Gasteiger partial charge in [-0.3, -0.25) is 4.79 Å². The number of benzene rings is 3. The predicted octanol–water partition coefficient (Wildman–Crippen LogP) is 5.68. The third-order valence-corrected chi connectivity index (χ3v) is 5.42. The molecule has 0 saturated heterocycles. The van der Waals surface area contributed by atoms with Gasteiger partial charge in [-0.05, 0) is 49.9 Å². The first-order valence-electron chi connectivity index (χ1n) is 10.1. The van der Waals surface area contributed by atoms with Crippen LogP contribution in [-0.4, -0.2) is 11.6 Å². The van der Waals surface area contributed by atoms with Crippen LogP contribution in [0.3, 0.4) is 0 Å². The number of fused-ring (bicyclic) bond motifs is 1. The van der Waals surface area contributed by atoms with Gasteiger partial charge in [-0.25, -0.2) is 0 Å². The van der Waals surface area contributed by atoms with E-state index >= 15 is 0 Å². The van der Waals surface area contributed by atoms with E-state index < -0.39 is 11.0 Å². The zero-order chi connectivity index (χ0) is 20.5. The molecule has 3 nitrogen and oxygen atoms in total. The molecule has 0 radical (unpaired) electrons. The maximum Gasteiger partial charge on any atom is 0.319 e. The van der Waals surface area contributed by atoms with Crippen LogP contribution in [0.15, 0.2) is 84.9 Å². The lowest BCUT2D eigenvalue weighted by atomic mass is 9.70. The molecule has 0 aliphatic carbocycles. The molecule has 3 heteroatoms. The van der Waals surface area contributed by atoms with Gasteiger partial charge >= 0.3 is 5.97 Å². The number of nitrogens with one attached hydrogen (secondary N) is 1. The molecule has 1 aliphatic rings. The van der Waals surface area contributed by atoms with Gasteiger partial charge in [0.25, 0.3) is 0 Å². The average Bonchev–Trinajstić information content (AvgIpc) is 3.04. The number of esters is 1. The molecule has 3 aromatic carbocycles. The van der Waals surface area contributed by atoms with E-state index in [4.69, 9.17) is 4.74 Å². The van der Waals surface area contributed by atoms with E-state index in [1.807, 2.05) is 75.4 Å². The van der Waals surface area contributed by atoms with Crippen molar-refractivity contribution in [1.29, 1.82) is 0 Å². The number of para-hydroxylation sites is 1. The molecule has 0 aromatic heterocycles. The molecule has 0 fully saturated rings. The summed E-state index contributed by atoms with van der Waals surface area (Å²) in [4.78, 5) is 13.9. The Hall–Kier alpha value is -3.07.